The van der Waals surface area contributed by atoms with Crippen molar-refractivity contribution in [2.45, 2.75) is 26.4 Å². The van der Waals surface area contributed by atoms with Crippen LogP contribution in [-0.4, -0.2) is 47.3 Å². The van der Waals surface area contributed by atoms with Gasteiger partial charge >= 0.3 is 6.03 Å². The lowest BCUT2D eigenvalue weighted by Crippen LogP contribution is -2.42. The van der Waals surface area contributed by atoms with Gasteiger partial charge in [-0.2, -0.15) is 0 Å². The van der Waals surface area contributed by atoms with Crippen molar-refractivity contribution in [1.82, 2.24) is 9.80 Å². The second-order valence-corrected chi connectivity index (χ2v) is 6.76. The zero-order chi connectivity index (χ0) is 19.6. The maximum Gasteiger partial charge on any atom is 0.332 e. The van der Waals surface area contributed by atoms with E-state index in [9.17, 15) is 14.4 Å². The van der Waals surface area contributed by atoms with Crippen LogP contribution < -0.4 is 4.90 Å². The number of carbonyl (C=O) groups is 3. The summed E-state index contributed by atoms with van der Waals surface area (Å²) in [6.45, 7) is 3.84. The number of rotatable bonds is 5. The highest BCUT2D eigenvalue weighted by Gasteiger charge is 2.44. The maximum atomic E-state index is 12.8. The summed E-state index contributed by atoms with van der Waals surface area (Å²) in [5.74, 6) is -0.636. The van der Waals surface area contributed by atoms with E-state index in [4.69, 9.17) is 0 Å². The number of likely N-dealkylation sites (N-methyl/N-ethyl adjacent to an activating group) is 1. The molecule has 1 saturated heterocycles. The molecule has 1 heterocycles. The fourth-order valence-electron chi connectivity index (χ4n) is 3.18. The zero-order valence-electron chi connectivity index (χ0n) is 15.8. The molecule has 2 aromatic carbocycles. The third-order valence-electron chi connectivity index (χ3n) is 4.87. The molecule has 0 aliphatic carbocycles. The average molecular weight is 365 g/mol. The molecule has 2 aromatic rings. The first-order valence-corrected chi connectivity index (χ1v) is 8.88. The Morgan fingerprint density at radius 2 is 1.67 bits per heavy atom. The molecule has 3 rings (SSSR count). The lowest BCUT2D eigenvalue weighted by Gasteiger charge is -2.22. The summed E-state index contributed by atoms with van der Waals surface area (Å²) in [5.41, 5.74) is 2.77. The summed E-state index contributed by atoms with van der Waals surface area (Å²) < 4.78 is 0. The van der Waals surface area contributed by atoms with E-state index in [-0.39, 0.29) is 18.4 Å². The molecule has 27 heavy (non-hydrogen) atoms. The fourth-order valence-corrected chi connectivity index (χ4v) is 3.18. The fraction of sp³-hybridized carbons (Fsp3) is 0.286. The highest BCUT2D eigenvalue weighted by Crippen LogP contribution is 2.25. The van der Waals surface area contributed by atoms with Gasteiger partial charge in [-0.25, -0.2) is 4.79 Å². The zero-order valence-corrected chi connectivity index (χ0v) is 15.8. The van der Waals surface area contributed by atoms with Gasteiger partial charge in [-0.3, -0.25) is 19.4 Å². The van der Waals surface area contributed by atoms with Gasteiger partial charge in [0.25, 0.3) is 5.91 Å². The SMILES string of the molecule is Cc1ccccc1CN(C)C(=O)CN1C(=O)C(C)N(c2ccccc2)C1=O. The van der Waals surface area contributed by atoms with Crippen molar-refractivity contribution in [3.05, 3.63) is 65.7 Å². The molecule has 0 aromatic heterocycles. The van der Waals surface area contributed by atoms with Crippen LogP contribution in [0.25, 0.3) is 0 Å². The summed E-state index contributed by atoms with van der Waals surface area (Å²) in [4.78, 5) is 41.9. The molecule has 0 N–H and O–H groups in total. The number of carbonyl (C=O) groups excluding carboxylic acids is 3. The van der Waals surface area contributed by atoms with Crippen molar-refractivity contribution in [2.75, 3.05) is 18.5 Å². The predicted molar refractivity (Wildman–Crippen MR) is 103 cm³/mol. The summed E-state index contributed by atoms with van der Waals surface area (Å²) >= 11 is 0. The van der Waals surface area contributed by atoms with Crippen molar-refractivity contribution in [3.63, 3.8) is 0 Å². The first-order chi connectivity index (χ1) is 12.9. The van der Waals surface area contributed by atoms with E-state index in [1.807, 2.05) is 49.4 Å². The third-order valence-corrected chi connectivity index (χ3v) is 4.87. The molecule has 0 radical (unpaired) electrons. The van der Waals surface area contributed by atoms with Gasteiger partial charge in [0.05, 0.1) is 0 Å². The monoisotopic (exact) mass is 365 g/mol. The Morgan fingerprint density at radius 1 is 1.04 bits per heavy atom. The van der Waals surface area contributed by atoms with Crippen molar-refractivity contribution < 1.29 is 14.4 Å². The van der Waals surface area contributed by atoms with E-state index in [2.05, 4.69) is 0 Å². The van der Waals surface area contributed by atoms with Crippen molar-refractivity contribution in [1.29, 1.82) is 0 Å². The van der Waals surface area contributed by atoms with Crippen molar-refractivity contribution in [2.24, 2.45) is 0 Å². The standard InChI is InChI=1S/C21H23N3O3/c1-15-9-7-8-10-17(15)13-22(3)19(25)14-23-20(26)16(2)24(21(23)27)18-11-5-4-6-12-18/h4-12,16H,13-14H2,1-3H3. The van der Waals surface area contributed by atoms with Gasteiger partial charge in [-0.05, 0) is 37.1 Å². The summed E-state index contributed by atoms with van der Waals surface area (Å²) in [7, 11) is 1.68. The number of para-hydroxylation sites is 1. The average Bonchev–Trinajstić information content (AvgIpc) is 2.87. The molecule has 140 valence electrons. The first kappa shape index (κ1) is 18.6. The molecular weight excluding hydrogens is 342 g/mol. The van der Waals surface area contributed by atoms with Gasteiger partial charge < -0.3 is 4.90 Å². The molecular formula is C21H23N3O3. The van der Waals surface area contributed by atoms with E-state index in [0.29, 0.717) is 12.2 Å². The van der Waals surface area contributed by atoms with E-state index in [1.165, 1.54) is 4.90 Å². The Hall–Kier alpha value is -3.15. The van der Waals surface area contributed by atoms with E-state index < -0.39 is 12.1 Å². The van der Waals surface area contributed by atoms with Gasteiger partial charge in [0, 0.05) is 19.3 Å². The van der Waals surface area contributed by atoms with Gasteiger partial charge in [-0.15, -0.1) is 0 Å². The van der Waals surface area contributed by atoms with Crippen LogP contribution in [0, 0.1) is 6.92 Å². The molecule has 1 aliphatic rings. The summed E-state index contributed by atoms with van der Waals surface area (Å²) in [6, 6.07) is 15.7. The second kappa shape index (κ2) is 7.61. The first-order valence-electron chi connectivity index (χ1n) is 8.88. The number of urea groups is 1. The normalized spacial score (nSPS) is 16.8. The molecule has 1 unspecified atom stereocenters. The number of hydrogen-bond donors (Lipinski definition) is 0. The molecule has 1 aliphatic heterocycles. The topological polar surface area (TPSA) is 60.9 Å². The lowest BCUT2D eigenvalue weighted by molar-refractivity contribution is -0.136. The van der Waals surface area contributed by atoms with Crippen molar-refractivity contribution >= 4 is 23.5 Å². The van der Waals surface area contributed by atoms with E-state index in [1.54, 1.807) is 31.0 Å². The van der Waals surface area contributed by atoms with Gasteiger partial charge in [0.1, 0.15) is 12.6 Å². The van der Waals surface area contributed by atoms with Gasteiger partial charge in [0.2, 0.25) is 5.91 Å². The van der Waals surface area contributed by atoms with Crippen LogP contribution in [0.5, 0.6) is 0 Å². The molecule has 4 amide bonds. The molecule has 1 fully saturated rings. The largest absolute Gasteiger partial charge is 0.340 e. The third kappa shape index (κ3) is 3.69. The van der Waals surface area contributed by atoms with Crippen LogP contribution in [0.2, 0.25) is 0 Å². The minimum atomic E-state index is -0.630. The number of imide groups is 1. The molecule has 6 heteroatoms. The lowest BCUT2D eigenvalue weighted by atomic mass is 10.1. The molecule has 1 atom stereocenters. The molecule has 6 nitrogen and oxygen atoms in total. The highest BCUT2D eigenvalue weighted by molar-refractivity contribution is 6.15. The second-order valence-electron chi connectivity index (χ2n) is 6.76. The quantitative estimate of drug-likeness (QED) is 0.766. The van der Waals surface area contributed by atoms with Gasteiger partial charge in [0.15, 0.2) is 0 Å². The Kier molecular flexibility index (Phi) is 5.26. The van der Waals surface area contributed by atoms with Crippen LogP contribution in [0.15, 0.2) is 54.6 Å². The van der Waals surface area contributed by atoms with Crippen molar-refractivity contribution in [3.8, 4) is 0 Å². The number of benzene rings is 2. The maximum absolute atomic E-state index is 12.8. The van der Waals surface area contributed by atoms with Gasteiger partial charge in [-0.1, -0.05) is 42.5 Å². The number of nitrogens with zero attached hydrogens (tertiary/aromatic N) is 3. The van der Waals surface area contributed by atoms with Crippen LogP contribution in [0.1, 0.15) is 18.1 Å². The van der Waals surface area contributed by atoms with Crippen LogP contribution >= 0.6 is 0 Å². The number of amides is 4. The van der Waals surface area contributed by atoms with E-state index >= 15 is 0 Å². The Bertz CT molecular complexity index is 866. The minimum absolute atomic E-state index is 0.256. The Balaban J connectivity index is 1.71. The molecule has 0 bridgehead atoms. The number of anilines is 1. The predicted octanol–water partition coefficient (Wildman–Crippen LogP) is 2.81. The summed E-state index contributed by atoms with van der Waals surface area (Å²) in [6.07, 6.45) is 0. The molecule has 0 saturated carbocycles. The summed E-state index contributed by atoms with van der Waals surface area (Å²) in [5, 5.41) is 0. The van der Waals surface area contributed by atoms with Crippen LogP contribution in [0.3, 0.4) is 0 Å². The van der Waals surface area contributed by atoms with E-state index in [0.717, 1.165) is 16.0 Å². The molecule has 0 spiro atoms. The highest BCUT2D eigenvalue weighted by atomic mass is 16.2. The Morgan fingerprint density at radius 3 is 2.33 bits per heavy atom. The minimum Gasteiger partial charge on any atom is -0.340 e. The Labute approximate surface area is 159 Å². The number of aryl methyl sites for hydroxylation is 1. The van der Waals surface area contributed by atoms with Crippen LogP contribution in [-0.2, 0) is 16.1 Å². The number of hydrogen-bond acceptors (Lipinski definition) is 3. The smallest absolute Gasteiger partial charge is 0.332 e. The van der Waals surface area contributed by atoms with Crippen LogP contribution in [0.4, 0.5) is 10.5 Å².